The predicted octanol–water partition coefficient (Wildman–Crippen LogP) is 2.46. The van der Waals surface area contributed by atoms with Crippen molar-refractivity contribution in [2.75, 3.05) is 6.54 Å². The van der Waals surface area contributed by atoms with Gasteiger partial charge in [-0.15, -0.1) is 0 Å². The molecule has 1 aliphatic heterocycles. The van der Waals surface area contributed by atoms with Gasteiger partial charge in [0.2, 0.25) is 0 Å². The maximum absolute atomic E-state index is 12.8. The van der Waals surface area contributed by atoms with E-state index < -0.39 is 0 Å². The van der Waals surface area contributed by atoms with Crippen LogP contribution in [-0.4, -0.2) is 27.5 Å². The Bertz CT molecular complexity index is 655. The zero-order valence-electron chi connectivity index (χ0n) is 13.1. The number of benzene rings is 1. The fourth-order valence-corrected chi connectivity index (χ4v) is 3.31. The molecule has 22 heavy (non-hydrogen) atoms. The van der Waals surface area contributed by atoms with Crippen LogP contribution in [0.25, 0.3) is 0 Å². The number of likely N-dealkylation sites (tertiary alicyclic amines) is 1. The Morgan fingerprint density at radius 2 is 2.09 bits per heavy atom. The average molecular weight is 298 g/mol. The average Bonchev–Trinajstić information content (AvgIpc) is 3.13. The quantitative estimate of drug-likeness (QED) is 0.914. The molecule has 1 amide bonds. The van der Waals surface area contributed by atoms with Crippen LogP contribution in [0.2, 0.25) is 0 Å². The van der Waals surface area contributed by atoms with Gasteiger partial charge in [-0.25, -0.2) is 0 Å². The standard InChI is InChI=1S/C17H22N4O/c1-11-16(12(2)20-19-11)15-4-3-9-21(15)17(22)14-7-5-13(10-18)6-8-14/h5-8,15H,3-4,9-10,18H2,1-2H3,(H,19,20). The Morgan fingerprint density at radius 1 is 1.36 bits per heavy atom. The number of nitrogens with two attached hydrogens (primary N) is 1. The third-order valence-electron chi connectivity index (χ3n) is 4.47. The van der Waals surface area contributed by atoms with Gasteiger partial charge in [0.15, 0.2) is 0 Å². The van der Waals surface area contributed by atoms with Gasteiger partial charge in [-0.1, -0.05) is 12.1 Å². The van der Waals surface area contributed by atoms with E-state index >= 15 is 0 Å². The van der Waals surface area contributed by atoms with Crippen molar-refractivity contribution in [2.45, 2.75) is 39.3 Å². The molecule has 0 bridgehead atoms. The van der Waals surface area contributed by atoms with Crippen molar-refractivity contribution >= 4 is 5.91 Å². The highest BCUT2D eigenvalue weighted by molar-refractivity contribution is 5.94. The van der Waals surface area contributed by atoms with Crippen LogP contribution in [0, 0.1) is 13.8 Å². The van der Waals surface area contributed by atoms with Crippen molar-refractivity contribution in [1.82, 2.24) is 15.1 Å². The summed E-state index contributed by atoms with van der Waals surface area (Å²) in [7, 11) is 0. The number of nitrogens with one attached hydrogen (secondary N) is 1. The number of aromatic amines is 1. The molecule has 5 nitrogen and oxygen atoms in total. The van der Waals surface area contributed by atoms with E-state index in [9.17, 15) is 4.79 Å². The van der Waals surface area contributed by atoms with Gasteiger partial charge in [0.1, 0.15) is 0 Å². The lowest BCUT2D eigenvalue weighted by Gasteiger charge is -2.25. The van der Waals surface area contributed by atoms with E-state index in [1.807, 2.05) is 43.0 Å². The molecule has 116 valence electrons. The summed E-state index contributed by atoms with van der Waals surface area (Å²) in [6, 6.07) is 7.71. The fraction of sp³-hybridized carbons (Fsp3) is 0.412. The predicted molar refractivity (Wildman–Crippen MR) is 85.4 cm³/mol. The number of amides is 1. The van der Waals surface area contributed by atoms with Crippen molar-refractivity contribution in [2.24, 2.45) is 5.73 Å². The zero-order chi connectivity index (χ0) is 15.7. The van der Waals surface area contributed by atoms with Crippen molar-refractivity contribution in [1.29, 1.82) is 0 Å². The summed E-state index contributed by atoms with van der Waals surface area (Å²) in [6.45, 7) is 5.31. The second-order valence-corrected chi connectivity index (χ2v) is 5.91. The normalized spacial score (nSPS) is 18.0. The number of rotatable bonds is 3. The molecule has 1 aromatic heterocycles. The first-order valence-corrected chi connectivity index (χ1v) is 7.73. The molecule has 1 unspecified atom stereocenters. The molecule has 0 radical (unpaired) electrons. The fourth-order valence-electron chi connectivity index (χ4n) is 3.31. The monoisotopic (exact) mass is 298 g/mol. The van der Waals surface area contributed by atoms with Crippen molar-refractivity contribution < 1.29 is 4.79 Å². The van der Waals surface area contributed by atoms with E-state index in [-0.39, 0.29) is 11.9 Å². The van der Waals surface area contributed by atoms with Crippen LogP contribution < -0.4 is 5.73 Å². The summed E-state index contributed by atoms with van der Waals surface area (Å²) < 4.78 is 0. The lowest BCUT2D eigenvalue weighted by atomic mass is 10.0. The van der Waals surface area contributed by atoms with Gasteiger partial charge in [0, 0.05) is 29.9 Å². The first-order valence-electron chi connectivity index (χ1n) is 7.73. The number of aromatic nitrogens is 2. The Balaban J connectivity index is 1.87. The molecule has 1 aromatic carbocycles. The molecule has 5 heteroatoms. The summed E-state index contributed by atoms with van der Waals surface area (Å²) >= 11 is 0. The molecule has 3 N–H and O–H groups in total. The van der Waals surface area contributed by atoms with Crippen molar-refractivity contribution in [3.05, 3.63) is 52.3 Å². The number of nitrogens with zero attached hydrogens (tertiary/aromatic N) is 2. The van der Waals surface area contributed by atoms with E-state index in [4.69, 9.17) is 5.73 Å². The molecule has 0 aliphatic carbocycles. The smallest absolute Gasteiger partial charge is 0.254 e. The summed E-state index contributed by atoms with van der Waals surface area (Å²) in [5.74, 6) is 0.0890. The topological polar surface area (TPSA) is 75.0 Å². The maximum atomic E-state index is 12.8. The van der Waals surface area contributed by atoms with Gasteiger partial charge in [0.05, 0.1) is 11.7 Å². The molecule has 1 atom stereocenters. The van der Waals surface area contributed by atoms with Crippen molar-refractivity contribution in [3.8, 4) is 0 Å². The summed E-state index contributed by atoms with van der Waals surface area (Å²) in [6.07, 6.45) is 2.02. The first kappa shape index (κ1) is 14.8. The summed E-state index contributed by atoms with van der Waals surface area (Å²) in [4.78, 5) is 14.8. The Morgan fingerprint density at radius 3 is 2.68 bits per heavy atom. The van der Waals surface area contributed by atoms with Crippen LogP contribution in [0.4, 0.5) is 0 Å². The van der Waals surface area contributed by atoms with Gasteiger partial charge < -0.3 is 10.6 Å². The third-order valence-corrected chi connectivity index (χ3v) is 4.47. The van der Waals surface area contributed by atoms with Gasteiger partial charge in [-0.05, 0) is 44.4 Å². The SMILES string of the molecule is Cc1n[nH]c(C)c1C1CCCN1C(=O)c1ccc(CN)cc1. The Kier molecular flexibility index (Phi) is 3.98. The first-order chi connectivity index (χ1) is 10.6. The number of aryl methyl sites for hydroxylation is 2. The minimum Gasteiger partial charge on any atom is -0.331 e. The number of H-pyrrole nitrogens is 1. The zero-order valence-corrected chi connectivity index (χ0v) is 13.1. The maximum Gasteiger partial charge on any atom is 0.254 e. The number of carbonyl (C=O) groups is 1. The molecule has 1 aliphatic rings. The molecule has 0 saturated carbocycles. The largest absolute Gasteiger partial charge is 0.331 e. The van der Waals surface area contributed by atoms with Gasteiger partial charge in [-0.3, -0.25) is 9.89 Å². The minimum absolute atomic E-state index is 0.0890. The lowest BCUT2D eigenvalue weighted by Crippen LogP contribution is -2.31. The molecule has 1 saturated heterocycles. The molecule has 2 aromatic rings. The number of hydrogen-bond donors (Lipinski definition) is 2. The van der Waals surface area contributed by atoms with Crippen LogP contribution >= 0.6 is 0 Å². The minimum atomic E-state index is 0.0890. The van der Waals surface area contributed by atoms with Crippen LogP contribution in [0.15, 0.2) is 24.3 Å². The van der Waals surface area contributed by atoms with E-state index in [2.05, 4.69) is 10.2 Å². The second kappa shape index (κ2) is 5.93. The molecule has 0 spiro atoms. The second-order valence-electron chi connectivity index (χ2n) is 5.91. The summed E-state index contributed by atoms with van der Waals surface area (Å²) in [5.41, 5.74) is 10.6. The number of carbonyl (C=O) groups excluding carboxylic acids is 1. The van der Waals surface area contributed by atoms with Crippen molar-refractivity contribution in [3.63, 3.8) is 0 Å². The summed E-state index contributed by atoms with van der Waals surface area (Å²) in [5, 5.41) is 7.30. The van der Waals surface area contributed by atoms with Crippen LogP contribution in [0.5, 0.6) is 0 Å². The highest BCUT2D eigenvalue weighted by Gasteiger charge is 2.33. The van der Waals surface area contributed by atoms with Gasteiger partial charge in [0.25, 0.3) is 5.91 Å². The molecule has 2 heterocycles. The van der Waals surface area contributed by atoms with E-state index in [0.29, 0.717) is 6.54 Å². The van der Waals surface area contributed by atoms with E-state index in [1.54, 1.807) is 0 Å². The van der Waals surface area contributed by atoms with E-state index in [0.717, 1.165) is 41.9 Å². The van der Waals surface area contributed by atoms with Crippen LogP contribution in [0.3, 0.4) is 0 Å². The molecular weight excluding hydrogens is 276 g/mol. The number of hydrogen-bond acceptors (Lipinski definition) is 3. The van der Waals surface area contributed by atoms with Crippen LogP contribution in [-0.2, 0) is 6.54 Å². The molecule has 1 fully saturated rings. The Labute approximate surface area is 130 Å². The van der Waals surface area contributed by atoms with Gasteiger partial charge in [-0.2, -0.15) is 5.10 Å². The highest BCUT2D eigenvalue weighted by atomic mass is 16.2. The van der Waals surface area contributed by atoms with Gasteiger partial charge >= 0.3 is 0 Å². The molecular formula is C17H22N4O. The molecule has 3 rings (SSSR count). The Hall–Kier alpha value is -2.14. The third kappa shape index (κ3) is 2.52. The van der Waals surface area contributed by atoms with E-state index in [1.165, 1.54) is 5.56 Å². The highest BCUT2D eigenvalue weighted by Crippen LogP contribution is 2.35. The van der Waals surface area contributed by atoms with Crippen LogP contribution in [0.1, 0.15) is 51.8 Å². The lowest BCUT2D eigenvalue weighted by molar-refractivity contribution is 0.0735.